The number of aromatic nitrogens is 2. The van der Waals surface area contributed by atoms with Crippen molar-refractivity contribution in [3.05, 3.63) is 65.7 Å². The van der Waals surface area contributed by atoms with Gasteiger partial charge in [0.15, 0.2) is 5.82 Å². The van der Waals surface area contributed by atoms with E-state index >= 15 is 0 Å². The van der Waals surface area contributed by atoms with E-state index in [1.54, 1.807) is 24.3 Å². The number of aromatic hydroxyl groups is 1. The maximum atomic E-state index is 14.1. The summed E-state index contributed by atoms with van der Waals surface area (Å²) in [5.74, 6) is 2.64. The molecule has 6 aliphatic rings. The van der Waals surface area contributed by atoms with Crippen molar-refractivity contribution < 1.29 is 29.4 Å². The second-order valence-electron chi connectivity index (χ2n) is 20.3. The van der Waals surface area contributed by atoms with E-state index in [2.05, 4.69) is 46.8 Å². The minimum Gasteiger partial charge on any atom is -0.507 e. The SMILES string of the molecule is C#Cc1ccc(CNC(=O)[C@@H]2C[C@@H](O)CN2C(=O)[C@@H](NC(=O)C2CC3(C2)CC(N2CCN(C(=O)CN4CCN5c6cc(-c7ccccc7O)nnc6NC[C@H]5C4)CC2)C3)C(C)(C)C)cc1. The fourth-order valence-corrected chi connectivity index (χ4v) is 11.1. The molecule has 0 unspecified atom stereocenters. The third-order valence-electron chi connectivity index (χ3n) is 14.8. The van der Waals surface area contributed by atoms with Crippen molar-refractivity contribution in [2.75, 3.05) is 75.7 Å². The maximum Gasteiger partial charge on any atom is 0.246 e. The number of hydrogen-bond acceptors (Lipinski definition) is 12. The molecule has 5 N–H and O–H groups in total. The third-order valence-corrected chi connectivity index (χ3v) is 14.8. The number of β-amino-alcohol motifs (C(OH)–C–C–N with tert-alkyl or cyclic N) is 1. The number of aliphatic hydroxyl groups is 1. The number of likely N-dealkylation sites (tertiary alicyclic amines) is 1. The molecule has 0 bridgehead atoms. The number of rotatable bonds is 10. The largest absolute Gasteiger partial charge is 0.507 e. The first-order valence-electron chi connectivity index (χ1n) is 23.2. The number of nitrogens with zero attached hydrogens (tertiary/aromatic N) is 7. The molecule has 1 aromatic heterocycles. The number of carbonyl (C=O) groups excluding carboxylic acids is 4. The number of benzene rings is 2. The van der Waals surface area contributed by atoms with E-state index < -0.39 is 23.6 Å². The molecule has 5 heterocycles. The van der Waals surface area contributed by atoms with Crippen LogP contribution in [0.3, 0.4) is 0 Å². The molecule has 3 aromatic rings. The van der Waals surface area contributed by atoms with Gasteiger partial charge in [-0.3, -0.25) is 29.0 Å². The van der Waals surface area contributed by atoms with Crippen molar-refractivity contribution in [3.63, 3.8) is 0 Å². The van der Waals surface area contributed by atoms with E-state index in [0.29, 0.717) is 43.5 Å². The van der Waals surface area contributed by atoms with Crippen molar-refractivity contribution in [1.29, 1.82) is 0 Å². The lowest BCUT2D eigenvalue weighted by atomic mass is 9.49. The number of terminal acetylenes is 1. The Balaban J connectivity index is 0.708. The predicted molar refractivity (Wildman–Crippen MR) is 245 cm³/mol. The van der Waals surface area contributed by atoms with Crippen molar-refractivity contribution in [2.45, 2.75) is 89.7 Å². The van der Waals surface area contributed by atoms with E-state index in [4.69, 9.17) is 6.42 Å². The molecular weight excluding hydrogens is 825 g/mol. The van der Waals surface area contributed by atoms with Gasteiger partial charge in [-0.05, 0) is 72.4 Å². The van der Waals surface area contributed by atoms with Gasteiger partial charge in [0.2, 0.25) is 23.6 Å². The third kappa shape index (κ3) is 9.23. The van der Waals surface area contributed by atoms with Crippen LogP contribution >= 0.6 is 0 Å². The molecule has 9 rings (SSSR count). The zero-order valence-electron chi connectivity index (χ0n) is 37.7. The van der Waals surface area contributed by atoms with Crippen LogP contribution in [-0.2, 0) is 25.7 Å². The maximum absolute atomic E-state index is 14.1. The van der Waals surface area contributed by atoms with Crippen LogP contribution in [0.25, 0.3) is 11.3 Å². The summed E-state index contributed by atoms with van der Waals surface area (Å²) < 4.78 is 0. The zero-order valence-corrected chi connectivity index (χ0v) is 37.7. The predicted octanol–water partition coefficient (Wildman–Crippen LogP) is 2.26. The molecule has 1 spiro atoms. The number of amides is 4. The molecule has 4 atom stereocenters. The van der Waals surface area contributed by atoms with E-state index in [-0.39, 0.29) is 66.3 Å². The number of para-hydroxylation sites is 1. The van der Waals surface area contributed by atoms with E-state index in [9.17, 15) is 29.4 Å². The summed E-state index contributed by atoms with van der Waals surface area (Å²) >= 11 is 0. The summed E-state index contributed by atoms with van der Waals surface area (Å²) in [6.45, 7) is 12.5. The Morgan fingerprint density at radius 3 is 2.37 bits per heavy atom. The molecular formula is C49H62N10O6. The van der Waals surface area contributed by atoms with E-state index in [1.807, 2.05) is 56.0 Å². The lowest BCUT2D eigenvalue weighted by Crippen LogP contribution is -2.63. The molecule has 5 fully saturated rings. The quantitative estimate of drug-likeness (QED) is 0.188. The second kappa shape index (κ2) is 17.9. The molecule has 2 aromatic carbocycles. The molecule has 2 aliphatic carbocycles. The van der Waals surface area contributed by atoms with Crippen LogP contribution < -0.4 is 20.9 Å². The van der Waals surface area contributed by atoms with E-state index in [1.165, 1.54) is 4.90 Å². The summed E-state index contributed by atoms with van der Waals surface area (Å²) in [5.41, 5.74) is 3.35. The molecule has 0 radical (unpaired) electrons. The Morgan fingerprint density at radius 1 is 0.923 bits per heavy atom. The first kappa shape index (κ1) is 44.4. The second-order valence-corrected chi connectivity index (χ2v) is 20.3. The number of nitrogens with one attached hydrogen (secondary N) is 3. The van der Waals surface area contributed by atoms with Gasteiger partial charge >= 0.3 is 0 Å². The summed E-state index contributed by atoms with van der Waals surface area (Å²) in [6.07, 6.45) is 8.39. The summed E-state index contributed by atoms with van der Waals surface area (Å²) in [5, 5.41) is 39.2. The van der Waals surface area contributed by atoms with Gasteiger partial charge in [0.25, 0.3) is 0 Å². The number of phenolic OH excluding ortho intramolecular Hbond substituents is 1. The molecule has 65 heavy (non-hydrogen) atoms. The van der Waals surface area contributed by atoms with Gasteiger partial charge in [-0.15, -0.1) is 16.6 Å². The summed E-state index contributed by atoms with van der Waals surface area (Å²) in [4.78, 5) is 65.4. The summed E-state index contributed by atoms with van der Waals surface area (Å²) in [6, 6.07) is 15.4. The first-order valence-corrected chi connectivity index (χ1v) is 23.2. The van der Waals surface area contributed by atoms with Crippen LogP contribution in [0, 0.1) is 29.1 Å². The highest BCUT2D eigenvalue weighted by atomic mass is 16.3. The first-order chi connectivity index (χ1) is 31.2. The van der Waals surface area contributed by atoms with E-state index in [0.717, 1.165) is 81.0 Å². The van der Waals surface area contributed by atoms with Crippen molar-refractivity contribution in [1.82, 2.24) is 40.4 Å². The van der Waals surface area contributed by atoms with Crippen LogP contribution in [0.15, 0.2) is 54.6 Å². The molecule has 4 amide bonds. The van der Waals surface area contributed by atoms with Gasteiger partial charge in [0, 0.05) is 95.0 Å². The topological polar surface area (TPSA) is 187 Å². The lowest BCUT2D eigenvalue weighted by molar-refractivity contribution is -0.151. The zero-order chi connectivity index (χ0) is 45.6. The number of fused-ring (bicyclic) bond motifs is 3. The van der Waals surface area contributed by atoms with Crippen LogP contribution in [0.4, 0.5) is 11.5 Å². The highest BCUT2D eigenvalue weighted by Crippen LogP contribution is 2.60. The van der Waals surface area contributed by atoms with Crippen LogP contribution in [0.5, 0.6) is 5.75 Å². The standard InChI is InChI=1S/C49H62N10O6/c1-5-31-10-12-32(13-11-31)26-51-46(64)40-20-36(60)29-59(40)47(65)43(48(2,3)4)52-45(63)33-22-49(23-33)24-34(25-49)56-15-17-57(18-16-56)42(62)30-55-14-19-58-35(28-55)27-50-44-39(58)21-38(53-54-44)37-8-6-7-9-41(37)61/h1,6-13,21,33-36,40,43,60-61H,14-20,22-30H2,2-4H3,(H,50,54)(H,51,64)(H,52,63)/t33?,34?,35-,36+,40-,43+,49?/m0/s1. The Hall–Kier alpha value is -5.76. The minimum absolute atomic E-state index is 0.0275. The van der Waals surface area contributed by atoms with Crippen LogP contribution in [-0.4, -0.2) is 159 Å². The molecule has 3 saturated heterocycles. The number of carbonyl (C=O) groups is 4. The highest BCUT2D eigenvalue weighted by molar-refractivity contribution is 5.94. The fourth-order valence-electron chi connectivity index (χ4n) is 11.1. The number of piperazine rings is 2. The van der Waals surface area contributed by atoms with Gasteiger partial charge in [-0.1, -0.05) is 51.0 Å². The molecule has 2 saturated carbocycles. The number of phenols is 1. The van der Waals surface area contributed by atoms with Crippen LogP contribution in [0.1, 0.15) is 64.0 Å². The Labute approximate surface area is 381 Å². The van der Waals surface area contributed by atoms with Gasteiger partial charge in [-0.2, -0.15) is 0 Å². The van der Waals surface area contributed by atoms with Gasteiger partial charge in [0.1, 0.15) is 17.8 Å². The molecule has 16 heteroatoms. The number of anilines is 2. The monoisotopic (exact) mass is 886 g/mol. The smallest absolute Gasteiger partial charge is 0.246 e. The van der Waals surface area contributed by atoms with Gasteiger partial charge in [0.05, 0.1) is 30.1 Å². The highest BCUT2D eigenvalue weighted by Gasteiger charge is 2.57. The fraction of sp³-hybridized carbons (Fsp3) is 0.551. The van der Waals surface area contributed by atoms with Crippen LogP contribution in [0.2, 0.25) is 0 Å². The average Bonchev–Trinajstić information content (AvgIpc) is 3.67. The average molecular weight is 887 g/mol. The minimum atomic E-state index is -0.857. The Bertz CT molecular complexity index is 2320. The number of hydrogen-bond donors (Lipinski definition) is 5. The molecule has 344 valence electrons. The Morgan fingerprint density at radius 2 is 1.66 bits per heavy atom. The van der Waals surface area contributed by atoms with Crippen molar-refractivity contribution in [3.8, 4) is 29.4 Å². The lowest BCUT2D eigenvalue weighted by Gasteiger charge is -2.60. The normalized spacial score (nSPS) is 27.0. The van der Waals surface area contributed by atoms with Gasteiger partial charge < -0.3 is 40.9 Å². The van der Waals surface area contributed by atoms with Crippen molar-refractivity contribution in [2.24, 2.45) is 16.7 Å². The molecule has 16 nitrogen and oxygen atoms in total. The van der Waals surface area contributed by atoms with Crippen molar-refractivity contribution >= 4 is 35.1 Å². The Kier molecular flexibility index (Phi) is 12.2. The number of aliphatic hydroxyl groups excluding tert-OH is 1. The van der Waals surface area contributed by atoms with Gasteiger partial charge in [-0.25, -0.2) is 0 Å². The molecule has 4 aliphatic heterocycles. The summed E-state index contributed by atoms with van der Waals surface area (Å²) in [7, 11) is 0.